The minimum absolute atomic E-state index is 0.367. The van der Waals surface area contributed by atoms with Gasteiger partial charge in [0.1, 0.15) is 22.8 Å². The van der Waals surface area contributed by atoms with E-state index in [1.165, 1.54) is 0 Å². The van der Waals surface area contributed by atoms with Gasteiger partial charge in [0.25, 0.3) is 11.8 Å². The molecule has 4 aromatic rings. The van der Waals surface area contributed by atoms with Gasteiger partial charge in [0.2, 0.25) is 0 Å². The zero-order valence-electron chi connectivity index (χ0n) is 16.6. The monoisotopic (exact) mass is 424 g/mol. The lowest BCUT2D eigenvalue weighted by Crippen LogP contribution is -2.36. The zero-order valence-corrected chi connectivity index (χ0v) is 17.4. The van der Waals surface area contributed by atoms with Crippen molar-refractivity contribution < 1.29 is 18.4 Å². The summed E-state index contributed by atoms with van der Waals surface area (Å²) >= 11 is 1.58. The van der Waals surface area contributed by atoms with Crippen molar-refractivity contribution in [3.05, 3.63) is 41.5 Å². The number of aromatic nitrogens is 3. The van der Waals surface area contributed by atoms with E-state index >= 15 is 0 Å². The zero-order chi connectivity index (χ0) is 20.5. The molecule has 154 valence electrons. The number of morpholine rings is 1. The lowest BCUT2D eigenvalue weighted by atomic mass is 10.1. The Morgan fingerprint density at radius 2 is 1.93 bits per heavy atom. The van der Waals surface area contributed by atoms with Gasteiger partial charge in [0.15, 0.2) is 0 Å². The molecule has 1 fully saturated rings. The van der Waals surface area contributed by atoms with Crippen LogP contribution in [0.1, 0.15) is 5.76 Å². The highest BCUT2D eigenvalue weighted by Gasteiger charge is 2.24. The number of aryl methyl sites for hydroxylation is 1. The second kappa shape index (κ2) is 7.92. The van der Waals surface area contributed by atoms with E-state index in [0.717, 1.165) is 42.4 Å². The average molecular weight is 424 g/mol. The van der Waals surface area contributed by atoms with E-state index in [4.69, 9.17) is 18.4 Å². The van der Waals surface area contributed by atoms with E-state index < -0.39 is 0 Å². The molecule has 9 heteroatoms. The normalized spacial score (nSPS) is 14.3. The van der Waals surface area contributed by atoms with E-state index in [0.29, 0.717) is 34.5 Å². The summed E-state index contributed by atoms with van der Waals surface area (Å²) in [6, 6.07) is 9.92. The second-order valence-corrected chi connectivity index (χ2v) is 7.78. The molecule has 5 rings (SSSR count). The summed E-state index contributed by atoms with van der Waals surface area (Å²) in [6.07, 6.45) is 0. The van der Waals surface area contributed by atoms with Crippen molar-refractivity contribution in [2.24, 2.45) is 0 Å². The number of anilines is 1. The summed E-state index contributed by atoms with van der Waals surface area (Å²) in [5.41, 5.74) is 3.22. The molecule has 0 bridgehead atoms. The molecule has 30 heavy (non-hydrogen) atoms. The van der Waals surface area contributed by atoms with E-state index in [-0.39, 0.29) is 0 Å². The van der Waals surface area contributed by atoms with E-state index in [1.807, 2.05) is 42.6 Å². The lowest BCUT2D eigenvalue weighted by molar-refractivity contribution is 0.122. The first-order valence-corrected chi connectivity index (χ1v) is 10.5. The molecule has 0 amide bonds. The maximum atomic E-state index is 6.03. The van der Waals surface area contributed by atoms with Gasteiger partial charge in [-0.2, -0.15) is 0 Å². The van der Waals surface area contributed by atoms with Crippen LogP contribution in [0.15, 0.2) is 44.7 Å². The minimum Gasteiger partial charge on any atom is -0.496 e. The predicted molar refractivity (Wildman–Crippen MR) is 113 cm³/mol. The van der Waals surface area contributed by atoms with Crippen molar-refractivity contribution in [2.45, 2.75) is 6.92 Å². The van der Waals surface area contributed by atoms with Crippen LogP contribution in [0.5, 0.6) is 5.75 Å². The summed E-state index contributed by atoms with van der Waals surface area (Å²) in [5.74, 6) is 2.05. The molecule has 1 aliphatic rings. The molecule has 8 nitrogen and oxygen atoms in total. The summed E-state index contributed by atoms with van der Waals surface area (Å²) in [7, 11) is 1.64. The van der Waals surface area contributed by atoms with Crippen molar-refractivity contribution in [3.63, 3.8) is 0 Å². The van der Waals surface area contributed by atoms with E-state index in [2.05, 4.69) is 20.3 Å². The Labute approximate surface area is 177 Å². The molecule has 3 aromatic heterocycles. The topological polar surface area (TPSA) is 86.7 Å². The Kier molecular flexibility index (Phi) is 4.97. The van der Waals surface area contributed by atoms with Gasteiger partial charge in [0.05, 0.1) is 30.8 Å². The Balaban J connectivity index is 1.50. The first kappa shape index (κ1) is 18.8. The maximum Gasteiger partial charge on any atom is 0.254 e. The number of ether oxygens (including phenoxy) is 2. The van der Waals surface area contributed by atoms with Crippen LogP contribution in [-0.2, 0) is 4.74 Å². The van der Waals surface area contributed by atoms with Crippen molar-refractivity contribution in [2.75, 3.05) is 38.3 Å². The van der Waals surface area contributed by atoms with Crippen LogP contribution in [-0.4, -0.2) is 48.8 Å². The van der Waals surface area contributed by atoms with Crippen LogP contribution in [0.25, 0.3) is 33.5 Å². The third-order valence-electron chi connectivity index (χ3n) is 5.05. The Hall–Kier alpha value is -3.17. The van der Waals surface area contributed by atoms with Gasteiger partial charge in [-0.05, 0) is 30.5 Å². The Morgan fingerprint density at radius 3 is 2.70 bits per heavy atom. The maximum absolute atomic E-state index is 6.03. The highest BCUT2D eigenvalue weighted by Crippen LogP contribution is 2.38. The Bertz CT molecular complexity index is 1150. The van der Waals surface area contributed by atoms with Crippen molar-refractivity contribution in [1.29, 1.82) is 0 Å². The summed E-state index contributed by atoms with van der Waals surface area (Å²) < 4.78 is 22.5. The van der Waals surface area contributed by atoms with Crippen LogP contribution in [0.3, 0.4) is 0 Å². The molecule has 0 saturated carbocycles. The molecule has 0 N–H and O–H groups in total. The molecular weight excluding hydrogens is 404 g/mol. The van der Waals surface area contributed by atoms with Crippen molar-refractivity contribution in [3.8, 4) is 39.2 Å². The van der Waals surface area contributed by atoms with Gasteiger partial charge in [-0.3, -0.25) is 0 Å². The average Bonchev–Trinajstić information content (AvgIpc) is 3.54. The fourth-order valence-electron chi connectivity index (χ4n) is 3.51. The Morgan fingerprint density at radius 1 is 1.10 bits per heavy atom. The first-order chi connectivity index (χ1) is 14.7. The number of benzene rings is 1. The van der Waals surface area contributed by atoms with Gasteiger partial charge in [-0.15, -0.1) is 21.5 Å². The molecule has 1 aliphatic heterocycles. The largest absolute Gasteiger partial charge is 0.496 e. The number of nitrogens with zero attached hydrogens (tertiary/aromatic N) is 4. The highest BCUT2D eigenvalue weighted by atomic mass is 32.1. The number of methoxy groups -OCH3 is 1. The number of hydrogen-bond donors (Lipinski definition) is 0. The molecule has 0 unspecified atom stereocenters. The van der Waals surface area contributed by atoms with E-state index in [1.54, 1.807) is 18.4 Å². The number of thiophene rings is 1. The molecular formula is C21H20N4O4S. The third-order valence-corrected chi connectivity index (χ3v) is 5.92. The van der Waals surface area contributed by atoms with Crippen molar-refractivity contribution in [1.82, 2.24) is 15.4 Å². The first-order valence-electron chi connectivity index (χ1n) is 9.59. The molecule has 0 aliphatic carbocycles. The molecule has 0 radical (unpaired) electrons. The van der Waals surface area contributed by atoms with Gasteiger partial charge in [-0.25, -0.2) is 0 Å². The number of rotatable bonds is 5. The van der Waals surface area contributed by atoms with Gasteiger partial charge in [0, 0.05) is 24.8 Å². The minimum atomic E-state index is 0.367. The van der Waals surface area contributed by atoms with Crippen molar-refractivity contribution >= 4 is 17.0 Å². The standard InChI is InChI=1S/C21H20N4O4S/c1-13-18(19(24-29-13)17-4-3-11-30-17)21-23-22-20(28-21)15-6-5-14(12-16(15)26-2)25-7-9-27-10-8-25/h3-6,11-12H,7-10H2,1-2H3. The fraction of sp³-hybridized carbons (Fsp3) is 0.286. The quantitative estimate of drug-likeness (QED) is 0.469. The summed E-state index contributed by atoms with van der Waals surface area (Å²) in [4.78, 5) is 3.25. The molecule has 4 heterocycles. The van der Waals surface area contributed by atoms with Gasteiger partial charge < -0.3 is 23.3 Å². The van der Waals surface area contributed by atoms with Crippen LogP contribution < -0.4 is 9.64 Å². The molecule has 0 spiro atoms. The van der Waals surface area contributed by atoms with Gasteiger partial charge in [-0.1, -0.05) is 11.2 Å². The van der Waals surface area contributed by atoms with E-state index in [9.17, 15) is 0 Å². The van der Waals surface area contributed by atoms with Gasteiger partial charge >= 0.3 is 0 Å². The second-order valence-electron chi connectivity index (χ2n) is 6.84. The van der Waals surface area contributed by atoms with Crippen LogP contribution >= 0.6 is 11.3 Å². The smallest absolute Gasteiger partial charge is 0.254 e. The number of hydrogen-bond acceptors (Lipinski definition) is 9. The van der Waals surface area contributed by atoms with Crippen LogP contribution in [0.2, 0.25) is 0 Å². The van der Waals surface area contributed by atoms with Crippen LogP contribution in [0.4, 0.5) is 5.69 Å². The predicted octanol–water partition coefficient (Wildman–Crippen LogP) is 4.27. The SMILES string of the molecule is COc1cc(N2CCOCC2)ccc1-c1nnc(-c2c(-c3cccs3)noc2C)o1. The lowest BCUT2D eigenvalue weighted by Gasteiger charge is -2.29. The third kappa shape index (κ3) is 3.35. The fourth-order valence-corrected chi connectivity index (χ4v) is 4.23. The molecule has 1 aromatic carbocycles. The summed E-state index contributed by atoms with van der Waals surface area (Å²) in [6.45, 7) is 4.99. The summed E-state index contributed by atoms with van der Waals surface area (Å²) in [5, 5.41) is 14.7. The van der Waals surface area contributed by atoms with Crippen LogP contribution in [0, 0.1) is 6.92 Å². The molecule has 0 atom stereocenters. The highest BCUT2D eigenvalue weighted by molar-refractivity contribution is 7.13. The molecule has 1 saturated heterocycles.